The van der Waals surface area contributed by atoms with Crippen molar-refractivity contribution in [3.63, 3.8) is 0 Å². The van der Waals surface area contributed by atoms with Gasteiger partial charge in [-0.25, -0.2) is 19.3 Å². The van der Waals surface area contributed by atoms with Gasteiger partial charge in [0.2, 0.25) is 5.88 Å². The van der Waals surface area contributed by atoms with Gasteiger partial charge in [0.05, 0.1) is 0 Å². The first kappa shape index (κ1) is 18.3. The molecule has 5 nitrogen and oxygen atoms in total. The first-order chi connectivity index (χ1) is 13.8. The van der Waals surface area contributed by atoms with Gasteiger partial charge in [-0.2, -0.15) is 0 Å². The lowest BCUT2D eigenvalue weighted by atomic mass is 10.1. The average Bonchev–Trinajstić information content (AvgIpc) is 2.73. The summed E-state index contributed by atoms with van der Waals surface area (Å²) in [6, 6.07) is 9.81. The lowest BCUT2D eigenvalue weighted by Crippen LogP contribution is -2.33. The molecule has 3 heterocycles. The topological polar surface area (TPSA) is 51.1 Å². The van der Waals surface area contributed by atoms with Crippen molar-refractivity contribution >= 4 is 11.2 Å². The van der Waals surface area contributed by atoms with Crippen molar-refractivity contribution in [2.75, 3.05) is 26.2 Å². The van der Waals surface area contributed by atoms with Crippen LogP contribution in [0.15, 0.2) is 42.6 Å². The number of fused-ring (bicyclic) bond motifs is 1. The fraction of sp³-hybridized carbons (Fsp3) is 0.318. The first-order valence-electron chi connectivity index (χ1n) is 9.53. The zero-order valence-corrected chi connectivity index (χ0v) is 15.6. The lowest BCUT2D eigenvalue weighted by molar-refractivity contribution is 0.180. The van der Waals surface area contributed by atoms with Gasteiger partial charge in [0.25, 0.3) is 0 Å². The van der Waals surface area contributed by atoms with E-state index in [4.69, 9.17) is 4.74 Å². The summed E-state index contributed by atoms with van der Waals surface area (Å²) in [5.74, 6) is 5.97. The Balaban J connectivity index is 1.57. The van der Waals surface area contributed by atoms with Gasteiger partial charge in [-0.1, -0.05) is 18.4 Å². The molecule has 4 rings (SSSR count). The number of ether oxygens (including phenoxy) is 1. The van der Waals surface area contributed by atoms with Crippen LogP contribution in [-0.4, -0.2) is 46.1 Å². The van der Waals surface area contributed by atoms with E-state index in [9.17, 15) is 4.39 Å². The molecule has 0 unspecified atom stereocenters. The molecule has 0 radical (unpaired) electrons. The number of likely N-dealkylation sites (tertiary alicyclic amines) is 1. The molecule has 142 valence electrons. The van der Waals surface area contributed by atoms with Crippen LogP contribution in [0.1, 0.15) is 30.5 Å². The van der Waals surface area contributed by atoms with E-state index in [1.54, 1.807) is 18.3 Å². The van der Waals surface area contributed by atoms with Crippen LogP contribution in [-0.2, 0) is 0 Å². The minimum Gasteiger partial charge on any atom is -0.474 e. The molecular formula is C22H21FN4O. The highest BCUT2D eigenvalue weighted by Crippen LogP contribution is 2.17. The van der Waals surface area contributed by atoms with Crippen LogP contribution in [0.3, 0.4) is 0 Å². The van der Waals surface area contributed by atoms with Crippen molar-refractivity contribution in [1.82, 2.24) is 19.9 Å². The second-order valence-electron chi connectivity index (χ2n) is 6.73. The maximum Gasteiger partial charge on any atom is 0.249 e. The predicted molar refractivity (Wildman–Crippen MR) is 105 cm³/mol. The van der Waals surface area contributed by atoms with E-state index in [-0.39, 0.29) is 5.82 Å². The third-order valence-corrected chi connectivity index (χ3v) is 4.65. The summed E-state index contributed by atoms with van der Waals surface area (Å²) in [7, 11) is 0. The molecule has 0 saturated carbocycles. The number of benzene rings is 1. The Labute approximate surface area is 163 Å². The van der Waals surface area contributed by atoms with E-state index in [0.717, 1.165) is 19.6 Å². The number of rotatable bonds is 4. The van der Waals surface area contributed by atoms with E-state index in [2.05, 4.69) is 31.7 Å². The van der Waals surface area contributed by atoms with Crippen molar-refractivity contribution < 1.29 is 9.13 Å². The predicted octanol–water partition coefficient (Wildman–Crippen LogP) is 3.43. The van der Waals surface area contributed by atoms with Crippen molar-refractivity contribution in [2.24, 2.45) is 0 Å². The van der Waals surface area contributed by atoms with Gasteiger partial charge in [0, 0.05) is 18.3 Å². The standard InChI is InChI=1S/C22H21FN4O/c23-18-7-4-6-17(16-18)9-10-20-22(26-19-8-5-11-24-21(19)25-20)28-15-14-27-12-2-1-3-13-27/h4-8,11,16H,1-3,12-15H2. The molecule has 0 spiro atoms. The highest BCUT2D eigenvalue weighted by atomic mass is 19.1. The maximum absolute atomic E-state index is 13.4. The van der Waals surface area contributed by atoms with Crippen LogP contribution in [0.25, 0.3) is 11.2 Å². The monoisotopic (exact) mass is 376 g/mol. The highest BCUT2D eigenvalue weighted by Gasteiger charge is 2.12. The number of nitrogens with zero attached hydrogens (tertiary/aromatic N) is 4. The molecule has 0 bridgehead atoms. The molecule has 1 aliphatic rings. The molecule has 0 N–H and O–H groups in total. The molecule has 1 aliphatic heterocycles. The van der Waals surface area contributed by atoms with Crippen LogP contribution in [0.2, 0.25) is 0 Å². The Bertz CT molecular complexity index is 1020. The number of hydrogen-bond donors (Lipinski definition) is 0. The summed E-state index contributed by atoms with van der Waals surface area (Å²) in [6.07, 6.45) is 5.45. The summed E-state index contributed by atoms with van der Waals surface area (Å²) in [5, 5.41) is 0. The maximum atomic E-state index is 13.4. The summed E-state index contributed by atoms with van der Waals surface area (Å²) in [6.45, 7) is 3.60. The van der Waals surface area contributed by atoms with Crippen LogP contribution in [0.5, 0.6) is 5.88 Å². The first-order valence-corrected chi connectivity index (χ1v) is 9.53. The fourth-order valence-electron chi connectivity index (χ4n) is 3.21. The van der Waals surface area contributed by atoms with Gasteiger partial charge in [-0.05, 0) is 62.2 Å². The molecule has 0 atom stereocenters. The van der Waals surface area contributed by atoms with E-state index in [0.29, 0.717) is 34.9 Å². The lowest BCUT2D eigenvalue weighted by Gasteiger charge is -2.26. The molecule has 28 heavy (non-hydrogen) atoms. The smallest absolute Gasteiger partial charge is 0.249 e. The third-order valence-electron chi connectivity index (χ3n) is 4.65. The van der Waals surface area contributed by atoms with Crippen molar-refractivity contribution in [1.29, 1.82) is 0 Å². The zero-order valence-electron chi connectivity index (χ0n) is 15.6. The van der Waals surface area contributed by atoms with E-state index in [1.807, 2.05) is 12.1 Å². The Morgan fingerprint density at radius 1 is 1.04 bits per heavy atom. The summed E-state index contributed by atoms with van der Waals surface area (Å²) < 4.78 is 19.3. The molecule has 1 aromatic carbocycles. The number of pyridine rings is 1. The minimum absolute atomic E-state index is 0.323. The number of hydrogen-bond acceptors (Lipinski definition) is 5. The van der Waals surface area contributed by atoms with E-state index >= 15 is 0 Å². The normalized spacial score (nSPS) is 14.5. The van der Waals surface area contributed by atoms with E-state index in [1.165, 1.54) is 31.4 Å². The zero-order chi connectivity index (χ0) is 19.2. The van der Waals surface area contributed by atoms with Crippen molar-refractivity contribution in [2.45, 2.75) is 19.3 Å². The fourth-order valence-corrected chi connectivity index (χ4v) is 3.21. The average molecular weight is 376 g/mol. The van der Waals surface area contributed by atoms with Crippen LogP contribution >= 0.6 is 0 Å². The van der Waals surface area contributed by atoms with Gasteiger partial charge in [0.15, 0.2) is 11.3 Å². The van der Waals surface area contributed by atoms with Gasteiger partial charge in [-0.3, -0.25) is 4.90 Å². The summed E-state index contributed by atoms with van der Waals surface area (Å²) >= 11 is 0. The van der Waals surface area contributed by atoms with Gasteiger partial charge < -0.3 is 4.74 Å². The Morgan fingerprint density at radius 3 is 2.79 bits per heavy atom. The largest absolute Gasteiger partial charge is 0.474 e. The highest BCUT2D eigenvalue weighted by molar-refractivity contribution is 5.71. The van der Waals surface area contributed by atoms with Crippen LogP contribution in [0.4, 0.5) is 4.39 Å². The molecular weight excluding hydrogens is 355 g/mol. The van der Waals surface area contributed by atoms with Crippen molar-refractivity contribution in [3.05, 3.63) is 59.7 Å². The second-order valence-corrected chi connectivity index (χ2v) is 6.73. The van der Waals surface area contributed by atoms with Gasteiger partial charge >= 0.3 is 0 Å². The Kier molecular flexibility index (Phi) is 5.74. The third kappa shape index (κ3) is 4.62. The molecule has 6 heteroatoms. The minimum atomic E-state index is -0.323. The van der Waals surface area contributed by atoms with Gasteiger partial charge in [0.1, 0.15) is 17.9 Å². The second kappa shape index (κ2) is 8.77. The number of piperidine rings is 1. The van der Waals surface area contributed by atoms with Crippen LogP contribution < -0.4 is 4.74 Å². The summed E-state index contributed by atoms with van der Waals surface area (Å²) in [5.41, 5.74) is 2.15. The van der Waals surface area contributed by atoms with Crippen molar-refractivity contribution in [3.8, 4) is 17.7 Å². The van der Waals surface area contributed by atoms with Crippen LogP contribution in [0, 0.1) is 17.7 Å². The molecule has 0 amide bonds. The summed E-state index contributed by atoms with van der Waals surface area (Å²) in [4.78, 5) is 15.7. The molecule has 3 aromatic rings. The van der Waals surface area contributed by atoms with E-state index < -0.39 is 0 Å². The molecule has 0 aliphatic carbocycles. The molecule has 2 aromatic heterocycles. The number of halogens is 1. The Hall–Kier alpha value is -3.04. The van der Waals surface area contributed by atoms with Gasteiger partial charge in [-0.15, -0.1) is 0 Å². The number of aromatic nitrogens is 3. The molecule has 1 saturated heterocycles. The Morgan fingerprint density at radius 2 is 1.93 bits per heavy atom. The SMILES string of the molecule is Fc1cccc(C#Cc2nc3ncccc3nc2OCCN2CCCCC2)c1. The quantitative estimate of drug-likeness (QED) is 0.653. The molecule has 1 fully saturated rings.